The maximum atomic E-state index is 6.03. The Kier molecular flexibility index (Phi) is 4.13. The minimum Gasteiger partial charge on any atom is -0.480 e. The van der Waals surface area contributed by atoms with Crippen LogP contribution < -0.4 is 10.1 Å². The van der Waals surface area contributed by atoms with Crippen LogP contribution >= 0.6 is 0 Å². The molecule has 1 N–H and O–H groups in total. The zero-order valence-corrected chi connectivity index (χ0v) is 12.2. The molecular formula is C16H19N3O2. The van der Waals surface area contributed by atoms with E-state index in [1.165, 1.54) is 11.1 Å². The number of fused-ring (bicyclic) bond motifs is 1. The molecule has 2 unspecified atom stereocenters. The number of rotatable bonds is 4. The first-order valence-corrected chi connectivity index (χ1v) is 7.06. The Bertz CT molecular complexity index is 618. The Balaban J connectivity index is 2.01. The maximum Gasteiger partial charge on any atom is 0.237 e. The highest BCUT2D eigenvalue weighted by atomic mass is 16.5. The van der Waals surface area contributed by atoms with Crippen molar-refractivity contribution in [2.24, 2.45) is 0 Å². The Labute approximate surface area is 124 Å². The smallest absolute Gasteiger partial charge is 0.237 e. The average molecular weight is 285 g/mol. The molecule has 0 saturated heterocycles. The summed E-state index contributed by atoms with van der Waals surface area (Å²) in [6.07, 6.45) is 4.16. The number of hydrogen-bond acceptors (Lipinski definition) is 5. The van der Waals surface area contributed by atoms with Crippen molar-refractivity contribution in [1.82, 2.24) is 15.3 Å². The Morgan fingerprint density at radius 2 is 2.10 bits per heavy atom. The van der Waals surface area contributed by atoms with Crippen LogP contribution in [0.3, 0.4) is 0 Å². The van der Waals surface area contributed by atoms with Gasteiger partial charge in [-0.05, 0) is 24.6 Å². The van der Waals surface area contributed by atoms with Gasteiger partial charge in [0.1, 0.15) is 11.8 Å². The Hall–Kier alpha value is -1.98. The molecule has 2 heterocycles. The first-order chi connectivity index (χ1) is 10.3. The van der Waals surface area contributed by atoms with E-state index >= 15 is 0 Å². The standard InChI is InChI=1S/C16H19N3O2/c1-17-13(14-16(20-2)19-9-8-18-14)15-12-6-4-3-5-11(12)7-10-21-15/h3-6,8-9,13,15,17H,7,10H2,1-2H3. The number of likely N-dealkylation sites (N-methyl/N-ethyl adjacent to an activating group) is 1. The van der Waals surface area contributed by atoms with E-state index in [4.69, 9.17) is 9.47 Å². The van der Waals surface area contributed by atoms with Gasteiger partial charge in [0.05, 0.1) is 19.8 Å². The first kappa shape index (κ1) is 14.0. The molecule has 0 spiro atoms. The van der Waals surface area contributed by atoms with Crippen LogP contribution in [0, 0.1) is 0 Å². The number of benzene rings is 1. The van der Waals surface area contributed by atoms with Crippen molar-refractivity contribution in [2.45, 2.75) is 18.6 Å². The van der Waals surface area contributed by atoms with Crippen LogP contribution in [0.25, 0.3) is 0 Å². The van der Waals surface area contributed by atoms with Crippen LogP contribution in [0.2, 0.25) is 0 Å². The molecule has 1 aromatic heterocycles. The Morgan fingerprint density at radius 3 is 2.90 bits per heavy atom. The molecule has 0 saturated carbocycles. The summed E-state index contributed by atoms with van der Waals surface area (Å²) in [6, 6.07) is 8.28. The van der Waals surface area contributed by atoms with Gasteiger partial charge in [-0.2, -0.15) is 0 Å². The van der Waals surface area contributed by atoms with E-state index in [1.807, 2.05) is 13.1 Å². The summed E-state index contributed by atoms with van der Waals surface area (Å²) in [5.41, 5.74) is 3.30. The maximum absolute atomic E-state index is 6.03. The second kappa shape index (κ2) is 6.20. The summed E-state index contributed by atoms with van der Waals surface area (Å²) in [7, 11) is 3.51. The molecule has 21 heavy (non-hydrogen) atoms. The van der Waals surface area contributed by atoms with Crippen LogP contribution in [-0.2, 0) is 11.2 Å². The van der Waals surface area contributed by atoms with E-state index in [2.05, 4.69) is 33.5 Å². The molecule has 0 amide bonds. The van der Waals surface area contributed by atoms with Gasteiger partial charge < -0.3 is 14.8 Å². The van der Waals surface area contributed by atoms with Crippen LogP contribution in [0.5, 0.6) is 5.88 Å². The third-order valence-electron chi connectivity index (χ3n) is 3.82. The molecular weight excluding hydrogens is 266 g/mol. The van der Waals surface area contributed by atoms with Gasteiger partial charge in [-0.3, -0.25) is 4.98 Å². The normalized spacial score (nSPS) is 18.9. The highest BCUT2D eigenvalue weighted by Crippen LogP contribution is 2.38. The van der Waals surface area contributed by atoms with Gasteiger partial charge in [-0.1, -0.05) is 24.3 Å². The van der Waals surface area contributed by atoms with Gasteiger partial charge in [0.25, 0.3) is 0 Å². The van der Waals surface area contributed by atoms with E-state index in [0.29, 0.717) is 12.5 Å². The predicted octanol–water partition coefficient (Wildman–Crippen LogP) is 2.06. The summed E-state index contributed by atoms with van der Waals surface area (Å²) >= 11 is 0. The summed E-state index contributed by atoms with van der Waals surface area (Å²) in [5, 5.41) is 3.30. The number of nitrogens with zero attached hydrogens (tertiary/aromatic N) is 2. The molecule has 0 aliphatic carbocycles. The summed E-state index contributed by atoms with van der Waals surface area (Å²) < 4.78 is 11.4. The van der Waals surface area contributed by atoms with Crippen LogP contribution in [0.15, 0.2) is 36.7 Å². The third-order valence-corrected chi connectivity index (χ3v) is 3.82. The second-order valence-electron chi connectivity index (χ2n) is 4.96. The number of methoxy groups -OCH3 is 1. The van der Waals surface area contributed by atoms with E-state index in [9.17, 15) is 0 Å². The van der Waals surface area contributed by atoms with Crippen LogP contribution in [0.1, 0.15) is 29.0 Å². The molecule has 2 atom stereocenters. The highest BCUT2D eigenvalue weighted by Gasteiger charge is 2.32. The third kappa shape index (κ3) is 2.62. The molecule has 0 radical (unpaired) electrons. The molecule has 2 aromatic rings. The summed E-state index contributed by atoms with van der Waals surface area (Å²) in [4.78, 5) is 8.68. The number of aromatic nitrogens is 2. The first-order valence-electron chi connectivity index (χ1n) is 7.06. The van der Waals surface area contributed by atoms with Gasteiger partial charge in [0, 0.05) is 12.4 Å². The van der Waals surface area contributed by atoms with Crippen molar-refractivity contribution < 1.29 is 9.47 Å². The lowest BCUT2D eigenvalue weighted by atomic mass is 9.92. The minimum atomic E-state index is -0.102. The molecule has 0 fully saturated rings. The molecule has 0 bridgehead atoms. The van der Waals surface area contributed by atoms with Crippen LogP contribution in [-0.4, -0.2) is 30.7 Å². The molecule has 1 aliphatic rings. The predicted molar refractivity (Wildman–Crippen MR) is 79.2 cm³/mol. The minimum absolute atomic E-state index is 0.0921. The van der Waals surface area contributed by atoms with Crippen molar-refractivity contribution >= 4 is 0 Å². The second-order valence-corrected chi connectivity index (χ2v) is 4.96. The molecule has 110 valence electrons. The van der Waals surface area contributed by atoms with Gasteiger partial charge >= 0.3 is 0 Å². The van der Waals surface area contributed by atoms with Crippen molar-refractivity contribution in [3.8, 4) is 5.88 Å². The van der Waals surface area contributed by atoms with Crippen molar-refractivity contribution in [3.63, 3.8) is 0 Å². The molecule has 1 aliphatic heterocycles. The fourth-order valence-corrected chi connectivity index (χ4v) is 2.84. The molecule has 3 rings (SSSR count). The number of nitrogens with one attached hydrogen (secondary N) is 1. The zero-order chi connectivity index (χ0) is 14.7. The summed E-state index contributed by atoms with van der Waals surface area (Å²) in [5.74, 6) is 0.531. The lowest BCUT2D eigenvalue weighted by Gasteiger charge is -2.32. The van der Waals surface area contributed by atoms with E-state index < -0.39 is 0 Å². The largest absolute Gasteiger partial charge is 0.480 e. The van der Waals surface area contributed by atoms with Crippen molar-refractivity contribution in [1.29, 1.82) is 0 Å². The molecule has 5 nitrogen and oxygen atoms in total. The quantitative estimate of drug-likeness (QED) is 0.932. The lowest BCUT2D eigenvalue weighted by Crippen LogP contribution is -2.30. The fraction of sp³-hybridized carbons (Fsp3) is 0.375. The van der Waals surface area contributed by atoms with E-state index in [1.54, 1.807) is 19.5 Å². The monoisotopic (exact) mass is 285 g/mol. The topological polar surface area (TPSA) is 56.3 Å². The van der Waals surface area contributed by atoms with E-state index in [-0.39, 0.29) is 12.1 Å². The van der Waals surface area contributed by atoms with Crippen molar-refractivity contribution in [2.75, 3.05) is 20.8 Å². The molecule has 1 aromatic carbocycles. The van der Waals surface area contributed by atoms with Gasteiger partial charge in [-0.15, -0.1) is 0 Å². The highest BCUT2D eigenvalue weighted by molar-refractivity contribution is 5.34. The Morgan fingerprint density at radius 1 is 1.29 bits per heavy atom. The zero-order valence-electron chi connectivity index (χ0n) is 12.2. The van der Waals surface area contributed by atoms with Gasteiger partial charge in [-0.25, -0.2) is 4.98 Å². The lowest BCUT2D eigenvalue weighted by molar-refractivity contribution is 0.0148. The van der Waals surface area contributed by atoms with Crippen LogP contribution in [0.4, 0.5) is 0 Å². The van der Waals surface area contributed by atoms with Gasteiger partial charge in [0.2, 0.25) is 5.88 Å². The molecule has 5 heteroatoms. The van der Waals surface area contributed by atoms with Gasteiger partial charge in [0.15, 0.2) is 0 Å². The van der Waals surface area contributed by atoms with E-state index in [0.717, 1.165) is 12.1 Å². The fourth-order valence-electron chi connectivity index (χ4n) is 2.84. The summed E-state index contributed by atoms with van der Waals surface area (Å²) in [6.45, 7) is 0.711. The number of ether oxygens (including phenoxy) is 2. The number of hydrogen-bond donors (Lipinski definition) is 1. The van der Waals surface area contributed by atoms with Crippen molar-refractivity contribution in [3.05, 3.63) is 53.5 Å². The average Bonchev–Trinajstić information content (AvgIpc) is 2.56. The SMILES string of the molecule is CNC(c1nccnc1OC)C1OCCc2ccccc21.